The van der Waals surface area contributed by atoms with Gasteiger partial charge in [-0.05, 0) is 68.7 Å². The van der Waals surface area contributed by atoms with E-state index in [0.717, 1.165) is 59.1 Å². The summed E-state index contributed by atoms with van der Waals surface area (Å²) in [6.45, 7) is 5.67. The lowest BCUT2D eigenvalue weighted by molar-refractivity contribution is -0.386. The van der Waals surface area contributed by atoms with Crippen LogP contribution >= 0.6 is 0 Å². The van der Waals surface area contributed by atoms with Gasteiger partial charge in [0.1, 0.15) is 0 Å². The second-order valence-corrected chi connectivity index (χ2v) is 7.21. The summed E-state index contributed by atoms with van der Waals surface area (Å²) < 4.78 is 0. The fourth-order valence-electron chi connectivity index (χ4n) is 5.08. The number of nitrogens with zero attached hydrogens (tertiary/aromatic N) is 1. The van der Waals surface area contributed by atoms with Crippen LogP contribution in [0.4, 0.5) is 5.69 Å². The van der Waals surface area contributed by atoms with E-state index in [1.165, 1.54) is 0 Å². The van der Waals surface area contributed by atoms with Crippen molar-refractivity contribution in [3.63, 3.8) is 0 Å². The first-order valence-corrected chi connectivity index (χ1v) is 7.89. The van der Waals surface area contributed by atoms with Crippen molar-refractivity contribution < 1.29 is 9.72 Å². The van der Waals surface area contributed by atoms with Crippen LogP contribution in [0.5, 0.6) is 0 Å². The number of nitro groups is 1. The van der Waals surface area contributed by atoms with E-state index in [0.29, 0.717) is 0 Å². The molecule has 4 rings (SSSR count). The van der Waals surface area contributed by atoms with Crippen molar-refractivity contribution >= 4 is 17.0 Å². The highest BCUT2D eigenvalue weighted by atomic mass is 16.6. The molecule has 0 aromatic heterocycles. The first-order chi connectivity index (χ1) is 10.4. The minimum Gasteiger partial charge on any atom is -0.294 e. The average molecular weight is 297 g/mol. The van der Waals surface area contributed by atoms with Crippen molar-refractivity contribution in [2.24, 2.45) is 11.3 Å². The maximum absolute atomic E-state index is 12.5. The van der Waals surface area contributed by atoms with Crippen molar-refractivity contribution in [3.8, 4) is 0 Å². The van der Waals surface area contributed by atoms with Gasteiger partial charge in [0.2, 0.25) is 0 Å². The van der Waals surface area contributed by atoms with Gasteiger partial charge < -0.3 is 0 Å². The van der Waals surface area contributed by atoms with Crippen LogP contribution in [0.15, 0.2) is 11.6 Å². The Kier molecular flexibility index (Phi) is 2.52. The Labute approximate surface area is 129 Å². The molecule has 0 amide bonds. The van der Waals surface area contributed by atoms with E-state index in [9.17, 15) is 14.9 Å². The number of nitro benzene ring substituents is 1. The molecule has 1 fully saturated rings. The molecule has 2 unspecified atom stereocenters. The monoisotopic (exact) mass is 297 g/mol. The molecule has 2 bridgehead atoms. The summed E-state index contributed by atoms with van der Waals surface area (Å²) in [5, 5.41) is 11.6. The third-order valence-electron chi connectivity index (χ3n) is 6.14. The highest BCUT2D eigenvalue weighted by molar-refractivity contribution is 6.08. The van der Waals surface area contributed by atoms with Crippen molar-refractivity contribution in [3.05, 3.63) is 44.0 Å². The zero-order valence-electron chi connectivity index (χ0n) is 13.2. The van der Waals surface area contributed by atoms with Crippen LogP contribution in [0.2, 0.25) is 0 Å². The molecule has 0 aliphatic heterocycles. The second kappa shape index (κ2) is 4.06. The quantitative estimate of drug-likeness (QED) is 0.583. The van der Waals surface area contributed by atoms with Gasteiger partial charge in [-0.1, -0.05) is 6.07 Å². The standard InChI is InChI=1S/C18H19NO3/c1-9-6-13-14(16(10(9)2)19(21)22)8-18-5-4-12(7-18)17(20)11(3)15(13)18/h6,12H,4-5,7-8H2,1-3H3. The number of benzene rings is 1. The van der Waals surface area contributed by atoms with Crippen LogP contribution in [0.25, 0.3) is 5.57 Å². The normalized spacial score (nSPS) is 28.9. The van der Waals surface area contributed by atoms with E-state index in [4.69, 9.17) is 0 Å². The predicted molar refractivity (Wildman–Crippen MR) is 83.6 cm³/mol. The topological polar surface area (TPSA) is 60.2 Å². The molecule has 3 aliphatic rings. The molecular formula is C18H19NO3. The van der Waals surface area contributed by atoms with Crippen LogP contribution < -0.4 is 0 Å². The maximum atomic E-state index is 12.5. The van der Waals surface area contributed by atoms with Crippen LogP contribution in [-0.2, 0) is 11.2 Å². The Bertz CT molecular complexity index is 790. The van der Waals surface area contributed by atoms with E-state index < -0.39 is 0 Å². The summed E-state index contributed by atoms with van der Waals surface area (Å²) in [7, 11) is 0. The lowest BCUT2D eigenvalue weighted by Crippen LogP contribution is -2.26. The van der Waals surface area contributed by atoms with Gasteiger partial charge in [-0.15, -0.1) is 0 Å². The van der Waals surface area contributed by atoms with Gasteiger partial charge in [-0.3, -0.25) is 14.9 Å². The minimum atomic E-state index is -0.237. The summed E-state index contributed by atoms with van der Waals surface area (Å²) in [4.78, 5) is 23.9. The molecule has 1 aromatic carbocycles. The van der Waals surface area contributed by atoms with Gasteiger partial charge in [-0.2, -0.15) is 0 Å². The maximum Gasteiger partial charge on any atom is 0.276 e. The number of carbonyl (C=O) groups excluding carboxylic acids is 1. The number of rotatable bonds is 1. The Balaban J connectivity index is 2.07. The predicted octanol–water partition coefficient (Wildman–Crippen LogP) is 3.91. The molecule has 3 aliphatic carbocycles. The van der Waals surface area contributed by atoms with Gasteiger partial charge in [0.25, 0.3) is 5.69 Å². The number of ketones is 1. The number of hydrogen-bond acceptors (Lipinski definition) is 3. The fourth-order valence-corrected chi connectivity index (χ4v) is 5.08. The molecule has 0 heterocycles. The number of hydrogen-bond donors (Lipinski definition) is 0. The van der Waals surface area contributed by atoms with Crippen LogP contribution in [-0.4, -0.2) is 10.7 Å². The second-order valence-electron chi connectivity index (χ2n) is 7.21. The summed E-state index contributed by atoms with van der Waals surface area (Å²) in [6.07, 6.45) is 3.53. The van der Waals surface area contributed by atoms with E-state index in [1.807, 2.05) is 20.8 Å². The number of carbonyl (C=O) groups is 1. The Hall–Kier alpha value is -1.97. The molecule has 22 heavy (non-hydrogen) atoms. The van der Waals surface area contributed by atoms with Gasteiger partial charge >= 0.3 is 0 Å². The first-order valence-electron chi connectivity index (χ1n) is 7.89. The van der Waals surface area contributed by atoms with Crippen LogP contribution in [0.3, 0.4) is 0 Å². The highest BCUT2D eigenvalue weighted by Gasteiger charge is 2.55. The summed E-state index contributed by atoms with van der Waals surface area (Å²) in [5.41, 5.74) is 5.76. The van der Waals surface area contributed by atoms with Gasteiger partial charge in [-0.25, -0.2) is 0 Å². The SMILES string of the molecule is CC1=C2c3cc(C)c(C)c([N+](=O)[O-])c3CC23CCC(C3)C1=O. The van der Waals surface area contributed by atoms with Crippen LogP contribution in [0, 0.1) is 35.3 Å². The van der Waals surface area contributed by atoms with Crippen LogP contribution in [0.1, 0.15) is 48.4 Å². The highest BCUT2D eigenvalue weighted by Crippen LogP contribution is 2.63. The lowest BCUT2D eigenvalue weighted by Gasteiger charge is -2.31. The minimum absolute atomic E-state index is 0.0179. The van der Waals surface area contributed by atoms with Crippen molar-refractivity contribution in [1.82, 2.24) is 0 Å². The molecule has 1 aromatic rings. The lowest BCUT2D eigenvalue weighted by atomic mass is 9.71. The zero-order chi connectivity index (χ0) is 15.8. The smallest absolute Gasteiger partial charge is 0.276 e. The molecule has 1 saturated carbocycles. The zero-order valence-corrected chi connectivity index (χ0v) is 13.2. The Morgan fingerprint density at radius 2 is 2.05 bits per heavy atom. The van der Waals surface area contributed by atoms with Crippen molar-refractivity contribution in [1.29, 1.82) is 0 Å². The molecule has 114 valence electrons. The third kappa shape index (κ3) is 1.45. The van der Waals surface area contributed by atoms with Crippen molar-refractivity contribution in [2.75, 3.05) is 0 Å². The van der Waals surface area contributed by atoms with Gasteiger partial charge in [0.05, 0.1) is 4.92 Å². The molecule has 4 nitrogen and oxygen atoms in total. The Morgan fingerprint density at radius 3 is 2.73 bits per heavy atom. The molecular weight excluding hydrogens is 278 g/mol. The number of aryl methyl sites for hydroxylation is 1. The summed E-state index contributed by atoms with van der Waals surface area (Å²) >= 11 is 0. The van der Waals surface area contributed by atoms with Gasteiger partial charge in [0.15, 0.2) is 5.78 Å². The van der Waals surface area contributed by atoms with E-state index in [-0.39, 0.29) is 27.7 Å². The molecule has 1 spiro atoms. The number of allylic oxidation sites excluding steroid dienone is 2. The number of fused-ring (bicyclic) bond motifs is 3. The third-order valence-corrected chi connectivity index (χ3v) is 6.14. The van der Waals surface area contributed by atoms with Gasteiger partial charge in [0, 0.05) is 22.5 Å². The molecule has 0 radical (unpaired) electrons. The summed E-state index contributed by atoms with van der Waals surface area (Å²) in [6, 6.07) is 2.07. The average Bonchev–Trinajstić information content (AvgIpc) is 2.97. The molecule has 4 heteroatoms. The molecule has 0 saturated heterocycles. The van der Waals surface area contributed by atoms with Crippen molar-refractivity contribution in [2.45, 2.75) is 46.5 Å². The summed E-state index contributed by atoms with van der Waals surface area (Å²) in [5.74, 6) is 0.399. The van der Waals surface area contributed by atoms with E-state index >= 15 is 0 Å². The molecule has 2 atom stereocenters. The number of Topliss-reactive ketones (excluding diaryl/α,β-unsaturated/α-hetero) is 1. The first kappa shape index (κ1) is 13.7. The Morgan fingerprint density at radius 1 is 1.32 bits per heavy atom. The fraction of sp³-hybridized carbons (Fsp3) is 0.500. The van der Waals surface area contributed by atoms with E-state index in [2.05, 4.69) is 6.07 Å². The molecule has 0 N–H and O–H groups in total. The van der Waals surface area contributed by atoms with E-state index in [1.54, 1.807) is 0 Å². The largest absolute Gasteiger partial charge is 0.294 e.